The monoisotopic (exact) mass is 378 g/mol. The molecule has 4 heterocycles. The first-order valence-corrected chi connectivity index (χ1v) is 9.35. The van der Waals surface area contributed by atoms with Crippen molar-refractivity contribution < 1.29 is 0 Å². The maximum atomic E-state index is 12.5. The van der Waals surface area contributed by atoms with Crippen molar-refractivity contribution in [1.82, 2.24) is 24.1 Å². The summed E-state index contributed by atoms with van der Waals surface area (Å²) in [7, 11) is 1.73. The van der Waals surface area contributed by atoms with Gasteiger partial charge in [-0.1, -0.05) is 0 Å². The van der Waals surface area contributed by atoms with Crippen molar-refractivity contribution in [1.29, 1.82) is 0 Å². The average molecular weight is 378 g/mol. The van der Waals surface area contributed by atoms with E-state index in [4.69, 9.17) is 0 Å². The first kappa shape index (κ1) is 18.1. The largest absolute Gasteiger partial charge is 0.352 e. The molecule has 1 saturated heterocycles. The van der Waals surface area contributed by atoms with Gasteiger partial charge < -0.3 is 9.47 Å². The van der Waals surface area contributed by atoms with Gasteiger partial charge in [-0.05, 0) is 30.9 Å². The molecule has 0 amide bonds. The van der Waals surface area contributed by atoms with Gasteiger partial charge in [0.15, 0.2) is 5.82 Å². The smallest absolute Gasteiger partial charge is 0.293 e. The first-order chi connectivity index (χ1) is 13.6. The molecule has 1 fully saturated rings. The van der Waals surface area contributed by atoms with E-state index < -0.39 is 0 Å². The molecule has 0 radical (unpaired) electrons. The summed E-state index contributed by atoms with van der Waals surface area (Å²) in [4.78, 5) is 39.5. The van der Waals surface area contributed by atoms with Crippen LogP contribution in [0.2, 0.25) is 0 Å². The molecular weight excluding hydrogens is 356 g/mol. The standard InChI is InChI=1S/C20H22N6O2/c1-24-10-7-22-19(20(24)28)25-8-4-15(5-9-25)13-26-14-23-17(11-18(26)27)16-3-2-6-21-12-16/h2-3,6-7,10-12,14-15H,4-5,8-9,13H2,1H3. The van der Waals surface area contributed by atoms with Crippen molar-refractivity contribution >= 4 is 5.82 Å². The third-order valence-corrected chi connectivity index (χ3v) is 5.20. The van der Waals surface area contributed by atoms with Crippen LogP contribution >= 0.6 is 0 Å². The van der Waals surface area contributed by atoms with Crippen molar-refractivity contribution in [2.24, 2.45) is 13.0 Å². The van der Waals surface area contributed by atoms with Crippen LogP contribution in [0.5, 0.6) is 0 Å². The molecular formula is C20H22N6O2. The molecule has 8 nitrogen and oxygen atoms in total. The molecule has 8 heteroatoms. The van der Waals surface area contributed by atoms with Gasteiger partial charge in [-0.15, -0.1) is 0 Å². The van der Waals surface area contributed by atoms with Crippen LogP contribution in [-0.2, 0) is 13.6 Å². The number of nitrogens with zero attached hydrogens (tertiary/aromatic N) is 6. The zero-order chi connectivity index (χ0) is 19.5. The Labute approximate surface area is 162 Å². The van der Waals surface area contributed by atoms with E-state index in [-0.39, 0.29) is 11.1 Å². The van der Waals surface area contributed by atoms with Crippen molar-refractivity contribution in [2.75, 3.05) is 18.0 Å². The van der Waals surface area contributed by atoms with Crippen LogP contribution in [0.4, 0.5) is 5.82 Å². The van der Waals surface area contributed by atoms with E-state index in [1.54, 1.807) is 53.4 Å². The van der Waals surface area contributed by atoms with Crippen LogP contribution in [0, 0.1) is 5.92 Å². The number of hydrogen-bond donors (Lipinski definition) is 0. The molecule has 28 heavy (non-hydrogen) atoms. The second-order valence-corrected chi connectivity index (χ2v) is 7.10. The molecule has 3 aromatic rings. The van der Waals surface area contributed by atoms with E-state index in [0.29, 0.717) is 24.0 Å². The number of aryl methyl sites for hydroxylation is 1. The van der Waals surface area contributed by atoms with Crippen LogP contribution in [0.15, 0.2) is 58.9 Å². The highest BCUT2D eigenvalue weighted by atomic mass is 16.1. The Kier molecular flexibility index (Phi) is 5.01. The van der Waals surface area contributed by atoms with Gasteiger partial charge in [-0.2, -0.15) is 0 Å². The minimum absolute atomic E-state index is 0.0603. The van der Waals surface area contributed by atoms with E-state index in [1.165, 1.54) is 0 Å². The van der Waals surface area contributed by atoms with Crippen LogP contribution in [-0.4, -0.2) is 37.2 Å². The Morgan fingerprint density at radius 1 is 1.14 bits per heavy atom. The lowest BCUT2D eigenvalue weighted by molar-refractivity contribution is 0.349. The van der Waals surface area contributed by atoms with E-state index in [1.807, 2.05) is 17.0 Å². The molecule has 1 aliphatic heterocycles. The third-order valence-electron chi connectivity index (χ3n) is 5.20. The topological polar surface area (TPSA) is 85.9 Å². The van der Waals surface area contributed by atoms with Crippen LogP contribution in [0.25, 0.3) is 11.3 Å². The highest BCUT2D eigenvalue weighted by Crippen LogP contribution is 2.21. The van der Waals surface area contributed by atoms with Gasteiger partial charge in [-0.3, -0.25) is 19.1 Å². The number of pyridine rings is 1. The molecule has 0 aliphatic carbocycles. The normalized spacial score (nSPS) is 15.0. The van der Waals surface area contributed by atoms with Gasteiger partial charge in [0, 0.05) is 63.1 Å². The maximum Gasteiger partial charge on any atom is 0.293 e. The molecule has 144 valence electrons. The summed E-state index contributed by atoms with van der Waals surface area (Å²) in [6, 6.07) is 5.27. The number of piperidine rings is 1. The second-order valence-electron chi connectivity index (χ2n) is 7.10. The fourth-order valence-electron chi connectivity index (χ4n) is 3.54. The molecule has 0 spiro atoms. The Morgan fingerprint density at radius 3 is 2.68 bits per heavy atom. The van der Waals surface area contributed by atoms with Gasteiger partial charge in [-0.25, -0.2) is 9.97 Å². The summed E-state index contributed by atoms with van der Waals surface area (Å²) in [5, 5.41) is 0. The molecule has 3 aromatic heterocycles. The summed E-state index contributed by atoms with van der Waals surface area (Å²) in [6.07, 6.45) is 10.1. The van der Waals surface area contributed by atoms with Gasteiger partial charge in [0.2, 0.25) is 0 Å². The highest BCUT2D eigenvalue weighted by Gasteiger charge is 2.22. The van der Waals surface area contributed by atoms with Crippen molar-refractivity contribution in [2.45, 2.75) is 19.4 Å². The van der Waals surface area contributed by atoms with E-state index in [0.717, 1.165) is 31.5 Å². The molecule has 4 rings (SSSR count). The summed E-state index contributed by atoms with van der Waals surface area (Å²) in [5.74, 6) is 0.871. The van der Waals surface area contributed by atoms with Crippen molar-refractivity contribution in [3.63, 3.8) is 0 Å². The molecule has 1 aliphatic rings. The van der Waals surface area contributed by atoms with E-state index in [9.17, 15) is 9.59 Å². The predicted molar refractivity (Wildman–Crippen MR) is 106 cm³/mol. The summed E-state index contributed by atoms with van der Waals surface area (Å²) < 4.78 is 3.21. The van der Waals surface area contributed by atoms with Gasteiger partial charge in [0.1, 0.15) is 0 Å². The number of aromatic nitrogens is 5. The lowest BCUT2D eigenvalue weighted by atomic mass is 9.96. The molecule has 0 unspecified atom stereocenters. The SMILES string of the molecule is Cn1ccnc(N2CCC(Cn3cnc(-c4cccnc4)cc3=O)CC2)c1=O. The van der Waals surface area contributed by atoms with Gasteiger partial charge in [0.25, 0.3) is 11.1 Å². The van der Waals surface area contributed by atoms with Crippen LogP contribution in [0.1, 0.15) is 12.8 Å². The lowest BCUT2D eigenvalue weighted by Gasteiger charge is -2.32. The Bertz CT molecular complexity index is 1070. The number of hydrogen-bond acceptors (Lipinski definition) is 6. The Balaban J connectivity index is 1.42. The number of anilines is 1. The predicted octanol–water partition coefficient (Wildman–Crippen LogP) is 1.32. The first-order valence-electron chi connectivity index (χ1n) is 9.35. The fourth-order valence-corrected chi connectivity index (χ4v) is 3.54. The summed E-state index contributed by atoms with van der Waals surface area (Å²) in [6.45, 7) is 2.15. The Hall–Kier alpha value is -3.29. The summed E-state index contributed by atoms with van der Waals surface area (Å²) >= 11 is 0. The minimum atomic E-state index is -0.0765. The van der Waals surface area contributed by atoms with Gasteiger partial charge >= 0.3 is 0 Å². The molecule has 0 saturated carbocycles. The number of rotatable bonds is 4. The van der Waals surface area contributed by atoms with Crippen LogP contribution in [0.3, 0.4) is 0 Å². The van der Waals surface area contributed by atoms with Crippen molar-refractivity contribution in [3.05, 3.63) is 70.0 Å². The van der Waals surface area contributed by atoms with E-state index in [2.05, 4.69) is 15.0 Å². The zero-order valence-electron chi connectivity index (χ0n) is 15.7. The second kappa shape index (κ2) is 7.75. The van der Waals surface area contributed by atoms with Crippen molar-refractivity contribution in [3.8, 4) is 11.3 Å². The molecule has 0 N–H and O–H groups in total. The minimum Gasteiger partial charge on any atom is -0.352 e. The van der Waals surface area contributed by atoms with Crippen LogP contribution < -0.4 is 16.0 Å². The lowest BCUT2D eigenvalue weighted by Crippen LogP contribution is -2.40. The average Bonchev–Trinajstić information content (AvgIpc) is 2.73. The summed E-state index contributed by atoms with van der Waals surface area (Å²) in [5.41, 5.74) is 1.33. The van der Waals surface area contributed by atoms with Gasteiger partial charge in [0.05, 0.1) is 12.0 Å². The fraction of sp³-hybridized carbons (Fsp3) is 0.350. The maximum absolute atomic E-state index is 12.5. The molecule has 0 aromatic carbocycles. The Morgan fingerprint density at radius 2 is 1.96 bits per heavy atom. The highest BCUT2D eigenvalue weighted by molar-refractivity contribution is 5.56. The third kappa shape index (κ3) is 3.71. The molecule has 0 atom stereocenters. The quantitative estimate of drug-likeness (QED) is 0.681. The van der Waals surface area contributed by atoms with E-state index >= 15 is 0 Å². The molecule has 0 bridgehead atoms. The zero-order valence-corrected chi connectivity index (χ0v) is 15.7.